The Labute approximate surface area is 198 Å². The van der Waals surface area contributed by atoms with Gasteiger partial charge in [-0.2, -0.15) is 5.10 Å². The summed E-state index contributed by atoms with van der Waals surface area (Å²) in [6, 6.07) is 18.0. The number of aromatic nitrogens is 3. The first-order valence-corrected chi connectivity index (χ1v) is 11.7. The molecular formula is C26H26ClN5O. The van der Waals surface area contributed by atoms with Gasteiger partial charge in [0.25, 0.3) is 5.91 Å². The maximum atomic E-state index is 13.5. The maximum absolute atomic E-state index is 13.5. The summed E-state index contributed by atoms with van der Waals surface area (Å²) in [6.07, 6.45) is 2.42. The van der Waals surface area contributed by atoms with Gasteiger partial charge < -0.3 is 9.80 Å². The molecule has 0 N–H and O–H groups in total. The van der Waals surface area contributed by atoms with Gasteiger partial charge in [0.05, 0.1) is 27.7 Å². The average molecular weight is 460 g/mol. The highest BCUT2D eigenvalue weighted by atomic mass is 35.5. The summed E-state index contributed by atoms with van der Waals surface area (Å²) in [6.45, 7) is 6.81. The Morgan fingerprint density at radius 1 is 1.00 bits per heavy atom. The molecule has 1 saturated heterocycles. The standard InChI is InChI=1S/C26H26ClN5O/c1-3-22-20(17-28-25-24(18(2)29-32(22)25)19-9-5-4-6-10-19)26(33)31-15-13-30(14-16-31)23-12-8-7-11-21(23)27/h4-12,17H,3,13-16H2,1-2H3. The van der Waals surface area contributed by atoms with Crippen LogP contribution in [0.25, 0.3) is 16.8 Å². The Hall–Kier alpha value is -3.38. The molecule has 1 fully saturated rings. The van der Waals surface area contributed by atoms with Gasteiger partial charge in [-0.15, -0.1) is 0 Å². The molecule has 1 aliphatic heterocycles. The number of halogens is 1. The third kappa shape index (κ3) is 3.85. The Morgan fingerprint density at radius 2 is 1.70 bits per heavy atom. The van der Waals surface area contributed by atoms with Gasteiger partial charge in [-0.1, -0.05) is 61.0 Å². The van der Waals surface area contributed by atoms with Crippen molar-refractivity contribution >= 4 is 28.8 Å². The molecule has 1 aliphatic rings. The molecule has 0 bridgehead atoms. The molecule has 168 valence electrons. The van der Waals surface area contributed by atoms with Gasteiger partial charge >= 0.3 is 0 Å². The van der Waals surface area contributed by atoms with Crippen LogP contribution >= 0.6 is 11.6 Å². The first-order chi connectivity index (χ1) is 16.1. The molecule has 4 aromatic rings. The van der Waals surface area contributed by atoms with E-state index in [1.807, 2.05) is 58.8 Å². The van der Waals surface area contributed by atoms with Crippen molar-refractivity contribution in [2.75, 3.05) is 31.1 Å². The van der Waals surface area contributed by atoms with E-state index in [0.717, 1.165) is 52.0 Å². The van der Waals surface area contributed by atoms with Gasteiger partial charge in [0.2, 0.25) is 0 Å². The Balaban J connectivity index is 1.43. The van der Waals surface area contributed by atoms with Crippen molar-refractivity contribution in [3.8, 4) is 11.1 Å². The van der Waals surface area contributed by atoms with E-state index in [1.165, 1.54) is 0 Å². The predicted molar refractivity (Wildman–Crippen MR) is 132 cm³/mol. The molecule has 6 nitrogen and oxygen atoms in total. The van der Waals surface area contributed by atoms with Crippen LogP contribution in [0.4, 0.5) is 5.69 Å². The zero-order valence-electron chi connectivity index (χ0n) is 18.8. The van der Waals surface area contributed by atoms with Crippen molar-refractivity contribution in [1.29, 1.82) is 0 Å². The van der Waals surface area contributed by atoms with Gasteiger partial charge in [0, 0.05) is 37.9 Å². The second-order valence-electron chi connectivity index (χ2n) is 8.26. The molecule has 5 rings (SSSR count). The highest BCUT2D eigenvalue weighted by Gasteiger charge is 2.27. The lowest BCUT2D eigenvalue weighted by molar-refractivity contribution is 0.0744. The molecule has 0 atom stereocenters. The van der Waals surface area contributed by atoms with Crippen molar-refractivity contribution < 1.29 is 4.79 Å². The van der Waals surface area contributed by atoms with E-state index in [0.29, 0.717) is 25.1 Å². The van der Waals surface area contributed by atoms with Crippen molar-refractivity contribution in [1.82, 2.24) is 19.5 Å². The molecule has 33 heavy (non-hydrogen) atoms. The number of hydrogen-bond donors (Lipinski definition) is 0. The Morgan fingerprint density at radius 3 is 2.39 bits per heavy atom. The lowest BCUT2D eigenvalue weighted by atomic mass is 10.1. The summed E-state index contributed by atoms with van der Waals surface area (Å²) >= 11 is 6.37. The van der Waals surface area contributed by atoms with Gasteiger partial charge in [0.1, 0.15) is 0 Å². The minimum absolute atomic E-state index is 0.00877. The van der Waals surface area contributed by atoms with Crippen LogP contribution in [0.15, 0.2) is 60.8 Å². The normalized spacial score (nSPS) is 14.2. The number of fused-ring (bicyclic) bond motifs is 1. The van der Waals surface area contributed by atoms with Gasteiger partial charge in [-0.3, -0.25) is 4.79 Å². The van der Waals surface area contributed by atoms with Gasteiger partial charge in [0.15, 0.2) is 5.65 Å². The number of carbonyl (C=O) groups excluding carboxylic acids is 1. The third-order valence-corrected chi connectivity index (χ3v) is 6.63. The molecular weight excluding hydrogens is 434 g/mol. The molecule has 0 aliphatic carbocycles. The van der Waals surface area contributed by atoms with Gasteiger partial charge in [-0.25, -0.2) is 9.50 Å². The van der Waals surface area contributed by atoms with E-state index in [9.17, 15) is 4.79 Å². The van der Waals surface area contributed by atoms with E-state index < -0.39 is 0 Å². The summed E-state index contributed by atoms with van der Waals surface area (Å²) in [5.41, 5.74) is 6.31. The summed E-state index contributed by atoms with van der Waals surface area (Å²) in [7, 11) is 0. The first-order valence-electron chi connectivity index (χ1n) is 11.3. The highest BCUT2D eigenvalue weighted by molar-refractivity contribution is 6.33. The van der Waals surface area contributed by atoms with Crippen molar-refractivity contribution in [3.05, 3.63) is 82.8 Å². The molecule has 0 saturated carbocycles. The second-order valence-corrected chi connectivity index (χ2v) is 8.67. The van der Waals surface area contributed by atoms with Crippen LogP contribution in [0.3, 0.4) is 0 Å². The molecule has 3 heterocycles. The zero-order valence-corrected chi connectivity index (χ0v) is 19.6. The molecule has 1 amide bonds. The van der Waals surface area contributed by atoms with E-state index in [1.54, 1.807) is 6.20 Å². The third-order valence-electron chi connectivity index (χ3n) is 6.31. The molecule has 0 radical (unpaired) electrons. The molecule has 0 spiro atoms. The van der Waals surface area contributed by atoms with E-state index >= 15 is 0 Å². The van der Waals surface area contributed by atoms with E-state index in [4.69, 9.17) is 21.7 Å². The fourth-order valence-electron chi connectivity index (χ4n) is 4.63. The first kappa shape index (κ1) is 21.5. The minimum Gasteiger partial charge on any atom is -0.367 e. The quantitative estimate of drug-likeness (QED) is 0.436. The van der Waals surface area contributed by atoms with Crippen molar-refractivity contribution in [2.24, 2.45) is 0 Å². The Bertz CT molecular complexity index is 1310. The van der Waals surface area contributed by atoms with Crippen LogP contribution in [0.5, 0.6) is 0 Å². The average Bonchev–Trinajstić information content (AvgIpc) is 3.19. The molecule has 7 heteroatoms. The van der Waals surface area contributed by atoms with Crippen LogP contribution in [-0.4, -0.2) is 51.6 Å². The zero-order chi connectivity index (χ0) is 22.9. The molecule has 2 aromatic carbocycles. The number of piperazine rings is 1. The summed E-state index contributed by atoms with van der Waals surface area (Å²) in [5.74, 6) is 0.00877. The molecule has 0 unspecified atom stereocenters. The van der Waals surface area contributed by atoms with Crippen LogP contribution in [-0.2, 0) is 6.42 Å². The van der Waals surface area contributed by atoms with Crippen molar-refractivity contribution in [3.63, 3.8) is 0 Å². The van der Waals surface area contributed by atoms with E-state index in [-0.39, 0.29) is 5.91 Å². The predicted octanol–water partition coefficient (Wildman–Crippen LogP) is 4.88. The SMILES string of the molecule is CCc1c(C(=O)N2CCN(c3ccccc3Cl)CC2)cnc2c(-c3ccccc3)c(C)nn12. The lowest BCUT2D eigenvalue weighted by Gasteiger charge is -2.36. The topological polar surface area (TPSA) is 53.7 Å². The van der Waals surface area contributed by atoms with Crippen molar-refractivity contribution in [2.45, 2.75) is 20.3 Å². The van der Waals surface area contributed by atoms with Gasteiger partial charge in [-0.05, 0) is 31.0 Å². The van der Waals surface area contributed by atoms with Crippen LogP contribution in [0.1, 0.15) is 28.7 Å². The fraction of sp³-hybridized carbons (Fsp3) is 0.269. The number of nitrogens with zero attached hydrogens (tertiary/aromatic N) is 5. The lowest BCUT2D eigenvalue weighted by Crippen LogP contribution is -2.49. The minimum atomic E-state index is 0.00877. The second kappa shape index (κ2) is 8.87. The number of carbonyl (C=O) groups is 1. The number of anilines is 1. The number of hydrogen-bond acceptors (Lipinski definition) is 4. The molecule has 2 aromatic heterocycles. The van der Waals surface area contributed by atoms with Crippen LogP contribution in [0.2, 0.25) is 5.02 Å². The van der Waals surface area contributed by atoms with E-state index in [2.05, 4.69) is 24.0 Å². The number of benzene rings is 2. The fourth-order valence-corrected chi connectivity index (χ4v) is 4.88. The van der Waals surface area contributed by atoms with Crippen LogP contribution < -0.4 is 4.90 Å². The number of amides is 1. The maximum Gasteiger partial charge on any atom is 0.257 e. The number of para-hydroxylation sites is 1. The number of aryl methyl sites for hydroxylation is 2. The monoisotopic (exact) mass is 459 g/mol. The summed E-state index contributed by atoms with van der Waals surface area (Å²) in [5, 5.41) is 5.51. The highest BCUT2D eigenvalue weighted by Crippen LogP contribution is 2.29. The number of rotatable bonds is 4. The van der Waals surface area contributed by atoms with Crippen LogP contribution in [0, 0.1) is 6.92 Å². The largest absolute Gasteiger partial charge is 0.367 e. The smallest absolute Gasteiger partial charge is 0.257 e. The summed E-state index contributed by atoms with van der Waals surface area (Å²) in [4.78, 5) is 22.3. The summed E-state index contributed by atoms with van der Waals surface area (Å²) < 4.78 is 1.85. The Kier molecular flexibility index (Phi) is 5.77.